The minimum atomic E-state index is 0.283. The third-order valence-electron chi connectivity index (χ3n) is 6.08. The van der Waals surface area contributed by atoms with Crippen molar-refractivity contribution in [3.8, 4) is 0 Å². The van der Waals surface area contributed by atoms with E-state index < -0.39 is 0 Å². The van der Waals surface area contributed by atoms with Crippen LogP contribution in [0.2, 0.25) is 0 Å². The number of allylic oxidation sites excluding steroid dienone is 1. The zero-order valence-corrected chi connectivity index (χ0v) is 11.5. The molecule has 0 N–H and O–H groups in total. The van der Waals surface area contributed by atoms with Crippen LogP contribution in [0.15, 0.2) is 11.6 Å². The van der Waals surface area contributed by atoms with E-state index in [0.717, 1.165) is 11.8 Å². The fraction of sp³-hybridized carbons (Fsp3) is 0.882. The Morgan fingerprint density at radius 2 is 1.78 bits per heavy atom. The highest BCUT2D eigenvalue weighted by Crippen LogP contribution is 2.55. The van der Waals surface area contributed by atoms with E-state index in [4.69, 9.17) is 4.74 Å². The number of rotatable bonds is 0. The number of hydrogen-bond donors (Lipinski definition) is 0. The van der Waals surface area contributed by atoms with Crippen molar-refractivity contribution in [2.24, 2.45) is 11.8 Å². The van der Waals surface area contributed by atoms with E-state index in [1.807, 2.05) is 5.57 Å². The van der Waals surface area contributed by atoms with Crippen molar-refractivity contribution in [3.05, 3.63) is 11.6 Å². The van der Waals surface area contributed by atoms with Gasteiger partial charge >= 0.3 is 0 Å². The van der Waals surface area contributed by atoms with Crippen LogP contribution in [0.1, 0.15) is 70.6 Å². The molecule has 2 saturated carbocycles. The zero-order chi connectivity index (χ0) is 12.0. The van der Waals surface area contributed by atoms with E-state index in [1.54, 1.807) is 0 Å². The molecule has 1 heteroatoms. The topological polar surface area (TPSA) is 9.23 Å². The van der Waals surface area contributed by atoms with Crippen LogP contribution in [0.25, 0.3) is 0 Å². The third-order valence-corrected chi connectivity index (χ3v) is 6.08. The lowest BCUT2D eigenvalue weighted by atomic mass is 9.64. The van der Waals surface area contributed by atoms with Crippen molar-refractivity contribution in [2.75, 3.05) is 0 Å². The number of ether oxygens (including phenoxy) is 1. The van der Waals surface area contributed by atoms with Crippen LogP contribution >= 0.6 is 0 Å². The highest BCUT2D eigenvalue weighted by Gasteiger charge is 2.52. The molecule has 0 unspecified atom stereocenters. The maximum Gasteiger partial charge on any atom is 0.0751 e. The molecule has 0 bridgehead atoms. The van der Waals surface area contributed by atoms with Gasteiger partial charge in [-0.25, -0.2) is 0 Å². The van der Waals surface area contributed by atoms with Crippen molar-refractivity contribution >= 4 is 0 Å². The van der Waals surface area contributed by atoms with Crippen molar-refractivity contribution in [2.45, 2.75) is 82.3 Å². The lowest BCUT2D eigenvalue weighted by Gasteiger charge is -2.53. The monoisotopic (exact) mass is 246 g/mol. The van der Waals surface area contributed by atoms with Crippen LogP contribution < -0.4 is 0 Å². The maximum absolute atomic E-state index is 6.77. The predicted molar refractivity (Wildman–Crippen MR) is 73.5 cm³/mol. The summed E-state index contributed by atoms with van der Waals surface area (Å²) in [6, 6.07) is 0. The fourth-order valence-corrected chi connectivity index (χ4v) is 5.32. The van der Waals surface area contributed by atoms with E-state index in [9.17, 15) is 0 Å². The molecule has 1 spiro atoms. The average molecular weight is 246 g/mol. The average Bonchev–Trinajstić information content (AvgIpc) is 2.89. The fourth-order valence-electron chi connectivity index (χ4n) is 5.32. The molecule has 1 heterocycles. The van der Waals surface area contributed by atoms with Gasteiger partial charge in [0.15, 0.2) is 0 Å². The van der Waals surface area contributed by atoms with Crippen LogP contribution in [0.5, 0.6) is 0 Å². The summed E-state index contributed by atoms with van der Waals surface area (Å²) in [5.74, 6) is 1.60. The van der Waals surface area contributed by atoms with Crippen molar-refractivity contribution in [3.63, 3.8) is 0 Å². The maximum atomic E-state index is 6.77. The first kappa shape index (κ1) is 11.5. The van der Waals surface area contributed by atoms with Gasteiger partial charge in [-0.05, 0) is 44.9 Å². The van der Waals surface area contributed by atoms with E-state index in [1.165, 1.54) is 70.6 Å². The Kier molecular flexibility index (Phi) is 2.80. The highest BCUT2D eigenvalue weighted by molar-refractivity contribution is 5.24. The van der Waals surface area contributed by atoms with Crippen LogP contribution in [-0.2, 0) is 4.74 Å². The Balaban J connectivity index is 1.71. The summed E-state index contributed by atoms with van der Waals surface area (Å²) in [5.41, 5.74) is 2.13. The van der Waals surface area contributed by atoms with Gasteiger partial charge in [0.05, 0.1) is 11.7 Å². The summed E-state index contributed by atoms with van der Waals surface area (Å²) in [6.45, 7) is 0. The normalized spacial score (nSPS) is 42.2. The molecule has 0 aromatic rings. The second kappa shape index (κ2) is 4.37. The zero-order valence-electron chi connectivity index (χ0n) is 11.5. The van der Waals surface area contributed by atoms with Crippen molar-refractivity contribution in [1.29, 1.82) is 0 Å². The summed E-state index contributed by atoms with van der Waals surface area (Å²) >= 11 is 0. The minimum absolute atomic E-state index is 0.283. The number of hydrogen-bond acceptors (Lipinski definition) is 1. The van der Waals surface area contributed by atoms with Gasteiger partial charge in [0.25, 0.3) is 0 Å². The highest BCUT2D eigenvalue weighted by atomic mass is 16.5. The molecule has 18 heavy (non-hydrogen) atoms. The van der Waals surface area contributed by atoms with Gasteiger partial charge in [0.1, 0.15) is 0 Å². The third kappa shape index (κ3) is 1.62. The van der Waals surface area contributed by atoms with E-state index in [2.05, 4.69) is 6.08 Å². The molecule has 100 valence electrons. The minimum Gasteiger partial charge on any atom is -0.371 e. The Bertz CT molecular complexity index is 351. The first-order chi connectivity index (χ1) is 8.89. The van der Waals surface area contributed by atoms with Crippen molar-refractivity contribution in [1.82, 2.24) is 0 Å². The second-order valence-electron chi connectivity index (χ2n) is 7.01. The van der Waals surface area contributed by atoms with E-state index in [-0.39, 0.29) is 5.60 Å². The Labute approximate surface area is 111 Å². The molecule has 3 fully saturated rings. The summed E-state index contributed by atoms with van der Waals surface area (Å²) in [4.78, 5) is 0. The van der Waals surface area contributed by atoms with Crippen LogP contribution in [0, 0.1) is 11.8 Å². The molecule has 0 aromatic carbocycles. The molecule has 1 saturated heterocycles. The summed E-state index contributed by atoms with van der Waals surface area (Å²) in [5, 5.41) is 0. The lowest BCUT2D eigenvalue weighted by molar-refractivity contribution is -0.170. The molecule has 0 aromatic heterocycles. The van der Waals surface area contributed by atoms with Gasteiger partial charge in [-0.15, -0.1) is 0 Å². The standard InChI is InChI=1S/C17H26O/c1-3-9-15-13(7-1)14-8-2-4-10-16(14)18-17(15)11-5-6-12-17/h7,14-16H,1-6,8-12H2/t14-,15+,16+/m1/s1. The summed E-state index contributed by atoms with van der Waals surface area (Å²) < 4.78 is 6.77. The predicted octanol–water partition coefficient (Wildman–Crippen LogP) is 4.61. The van der Waals surface area contributed by atoms with Crippen LogP contribution in [-0.4, -0.2) is 11.7 Å². The van der Waals surface area contributed by atoms with E-state index in [0.29, 0.717) is 6.10 Å². The van der Waals surface area contributed by atoms with Gasteiger partial charge in [-0.2, -0.15) is 0 Å². The van der Waals surface area contributed by atoms with Crippen LogP contribution in [0.4, 0.5) is 0 Å². The lowest BCUT2D eigenvalue weighted by Crippen LogP contribution is -2.52. The SMILES string of the molecule is C1=C2[C@H]3CCCC[C@@H]3OC3(CCCC3)[C@H]2CCC1. The quantitative estimate of drug-likeness (QED) is 0.567. The van der Waals surface area contributed by atoms with Gasteiger partial charge in [-0.1, -0.05) is 37.3 Å². The Morgan fingerprint density at radius 1 is 0.944 bits per heavy atom. The van der Waals surface area contributed by atoms with Gasteiger partial charge < -0.3 is 4.74 Å². The second-order valence-corrected chi connectivity index (χ2v) is 7.01. The molecule has 3 atom stereocenters. The molecule has 0 amide bonds. The number of fused-ring (bicyclic) bond motifs is 4. The molecular formula is C17H26O. The Morgan fingerprint density at radius 3 is 2.67 bits per heavy atom. The van der Waals surface area contributed by atoms with Crippen molar-refractivity contribution < 1.29 is 4.74 Å². The molecular weight excluding hydrogens is 220 g/mol. The first-order valence-corrected chi connectivity index (χ1v) is 8.27. The molecule has 3 aliphatic carbocycles. The van der Waals surface area contributed by atoms with Gasteiger partial charge in [0, 0.05) is 11.8 Å². The molecule has 0 radical (unpaired) electrons. The van der Waals surface area contributed by atoms with E-state index >= 15 is 0 Å². The smallest absolute Gasteiger partial charge is 0.0751 e. The largest absolute Gasteiger partial charge is 0.371 e. The molecule has 4 rings (SSSR count). The molecule has 1 aliphatic heterocycles. The van der Waals surface area contributed by atoms with Gasteiger partial charge in [-0.3, -0.25) is 0 Å². The Hall–Kier alpha value is -0.300. The van der Waals surface area contributed by atoms with Gasteiger partial charge in [0.2, 0.25) is 0 Å². The van der Waals surface area contributed by atoms with Crippen LogP contribution in [0.3, 0.4) is 0 Å². The molecule has 1 nitrogen and oxygen atoms in total. The summed E-state index contributed by atoms with van der Waals surface area (Å²) in [6.07, 6.45) is 18.4. The first-order valence-electron chi connectivity index (χ1n) is 8.27. The molecule has 4 aliphatic rings. The summed E-state index contributed by atoms with van der Waals surface area (Å²) in [7, 11) is 0.